The van der Waals surface area contributed by atoms with Gasteiger partial charge in [0.2, 0.25) is 11.8 Å². The minimum Gasteiger partial charge on any atom is -0.468 e. The van der Waals surface area contributed by atoms with Crippen LogP contribution >= 0.6 is 0 Å². The average Bonchev–Trinajstić information content (AvgIpc) is 2.50. The van der Waals surface area contributed by atoms with Crippen molar-refractivity contribution in [1.82, 2.24) is 4.90 Å². The van der Waals surface area contributed by atoms with Crippen molar-refractivity contribution < 1.29 is 19.1 Å². The van der Waals surface area contributed by atoms with Crippen molar-refractivity contribution >= 4 is 23.5 Å². The third kappa shape index (κ3) is 3.27. The summed E-state index contributed by atoms with van der Waals surface area (Å²) < 4.78 is 4.65. The summed E-state index contributed by atoms with van der Waals surface area (Å²) >= 11 is 0. The van der Waals surface area contributed by atoms with Crippen molar-refractivity contribution in [2.24, 2.45) is 0 Å². The highest BCUT2D eigenvalue weighted by atomic mass is 16.5. The van der Waals surface area contributed by atoms with Crippen LogP contribution in [0, 0.1) is 0 Å². The molecule has 0 radical (unpaired) electrons. The smallest absolute Gasteiger partial charge is 0.325 e. The first-order chi connectivity index (χ1) is 10.4. The molecule has 1 heterocycles. The Morgan fingerprint density at radius 2 is 2.05 bits per heavy atom. The molecule has 1 aliphatic rings. The van der Waals surface area contributed by atoms with Gasteiger partial charge in [-0.15, -0.1) is 0 Å². The minimum absolute atomic E-state index is 0.0836. The predicted molar refractivity (Wildman–Crippen MR) is 81.3 cm³/mol. The number of ether oxygens (including phenoxy) is 1. The Hall–Kier alpha value is -2.37. The van der Waals surface area contributed by atoms with E-state index in [1.165, 1.54) is 12.0 Å². The van der Waals surface area contributed by atoms with Gasteiger partial charge in [0.05, 0.1) is 13.0 Å². The highest BCUT2D eigenvalue weighted by Gasteiger charge is 2.34. The average molecular weight is 304 g/mol. The van der Waals surface area contributed by atoms with Crippen LogP contribution in [0.5, 0.6) is 0 Å². The van der Waals surface area contributed by atoms with Gasteiger partial charge >= 0.3 is 5.97 Å². The van der Waals surface area contributed by atoms with E-state index in [4.69, 9.17) is 0 Å². The lowest BCUT2D eigenvalue weighted by atomic mass is 9.89. The summed E-state index contributed by atoms with van der Waals surface area (Å²) in [5.74, 6) is -1.48. The van der Waals surface area contributed by atoms with Gasteiger partial charge in [0.25, 0.3) is 0 Å². The fourth-order valence-corrected chi connectivity index (χ4v) is 2.55. The highest BCUT2D eigenvalue weighted by molar-refractivity contribution is 6.01. The van der Waals surface area contributed by atoms with Crippen LogP contribution < -0.4 is 5.32 Å². The number of nitrogens with one attached hydrogen (secondary N) is 1. The Morgan fingerprint density at radius 1 is 1.36 bits per heavy atom. The van der Waals surface area contributed by atoms with Crippen molar-refractivity contribution in [3.05, 3.63) is 29.8 Å². The van der Waals surface area contributed by atoms with Crippen LogP contribution in [0.2, 0.25) is 0 Å². The molecule has 2 amide bonds. The molecule has 0 spiro atoms. The molecule has 0 bridgehead atoms. The number of hydrogen-bond acceptors (Lipinski definition) is 4. The van der Waals surface area contributed by atoms with Crippen molar-refractivity contribution in [2.45, 2.75) is 32.2 Å². The van der Waals surface area contributed by atoms with Crippen LogP contribution in [0.25, 0.3) is 0 Å². The summed E-state index contributed by atoms with van der Waals surface area (Å²) in [6.07, 6.45) is 0.0836. The van der Waals surface area contributed by atoms with E-state index in [0.717, 1.165) is 5.56 Å². The molecule has 1 N–H and O–H groups in total. The predicted octanol–water partition coefficient (Wildman–Crippen LogP) is 1.52. The van der Waals surface area contributed by atoms with E-state index in [-0.39, 0.29) is 30.8 Å². The first-order valence-corrected chi connectivity index (χ1v) is 7.20. The van der Waals surface area contributed by atoms with E-state index >= 15 is 0 Å². The zero-order valence-electron chi connectivity index (χ0n) is 13.0. The van der Waals surface area contributed by atoms with Gasteiger partial charge in [-0.25, -0.2) is 0 Å². The zero-order valence-corrected chi connectivity index (χ0v) is 13.0. The Labute approximate surface area is 129 Å². The largest absolute Gasteiger partial charge is 0.468 e. The van der Waals surface area contributed by atoms with E-state index in [2.05, 4.69) is 10.1 Å². The van der Waals surface area contributed by atoms with Crippen LogP contribution in [0.15, 0.2) is 24.3 Å². The number of amides is 2. The van der Waals surface area contributed by atoms with Gasteiger partial charge in [-0.3, -0.25) is 14.4 Å². The number of hydrogen-bond donors (Lipinski definition) is 1. The number of para-hydroxylation sites is 1. The molecule has 22 heavy (non-hydrogen) atoms. The number of rotatable bonds is 4. The van der Waals surface area contributed by atoms with Crippen LogP contribution in [0.4, 0.5) is 5.69 Å². The molecule has 0 fully saturated rings. The van der Waals surface area contributed by atoms with Gasteiger partial charge in [-0.2, -0.15) is 0 Å². The highest BCUT2D eigenvalue weighted by Crippen LogP contribution is 2.33. The molecular formula is C16H20N2O4. The molecule has 6 nitrogen and oxygen atoms in total. The number of carbonyl (C=O) groups excluding carboxylic acids is 3. The van der Waals surface area contributed by atoms with Crippen LogP contribution in [0.1, 0.15) is 31.7 Å². The fourth-order valence-electron chi connectivity index (χ4n) is 2.55. The van der Waals surface area contributed by atoms with Crippen LogP contribution in [-0.2, 0) is 19.1 Å². The molecule has 2 rings (SSSR count). The van der Waals surface area contributed by atoms with Gasteiger partial charge in [0.15, 0.2) is 0 Å². The fraction of sp³-hybridized carbons (Fsp3) is 0.438. The second-order valence-electron chi connectivity index (χ2n) is 5.53. The number of anilines is 1. The summed E-state index contributed by atoms with van der Waals surface area (Å²) in [7, 11) is 1.29. The number of methoxy groups -OCH3 is 1. The first kappa shape index (κ1) is 16.0. The second kappa shape index (κ2) is 6.60. The summed E-state index contributed by atoms with van der Waals surface area (Å²) in [5.41, 5.74) is 1.43. The van der Waals surface area contributed by atoms with Gasteiger partial charge in [0, 0.05) is 18.2 Å². The molecule has 1 aromatic carbocycles. The molecule has 0 saturated carbocycles. The maximum Gasteiger partial charge on any atom is 0.325 e. The topological polar surface area (TPSA) is 75.7 Å². The lowest BCUT2D eigenvalue weighted by Gasteiger charge is -2.32. The number of nitrogens with zero attached hydrogens (tertiary/aromatic N) is 1. The van der Waals surface area contributed by atoms with Crippen molar-refractivity contribution in [3.63, 3.8) is 0 Å². The summed E-state index contributed by atoms with van der Waals surface area (Å²) in [4.78, 5) is 37.7. The molecule has 1 unspecified atom stereocenters. The lowest BCUT2D eigenvalue weighted by Crippen LogP contribution is -2.45. The molecular weight excluding hydrogens is 284 g/mol. The maximum atomic E-state index is 12.8. The van der Waals surface area contributed by atoms with E-state index in [1.807, 2.05) is 26.0 Å². The van der Waals surface area contributed by atoms with Crippen molar-refractivity contribution in [2.75, 3.05) is 19.0 Å². The van der Waals surface area contributed by atoms with E-state index < -0.39 is 11.9 Å². The molecule has 0 aromatic heterocycles. The van der Waals surface area contributed by atoms with E-state index in [0.29, 0.717) is 5.69 Å². The molecule has 1 aromatic rings. The van der Waals surface area contributed by atoms with Crippen molar-refractivity contribution in [3.8, 4) is 0 Å². The van der Waals surface area contributed by atoms with Gasteiger partial charge in [-0.1, -0.05) is 18.2 Å². The maximum absolute atomic E-state index is 12.8. The molecule has 1 atom stereocenters. The van der Waals surface area contributed by atoms with Crippen LogP contribution in [0.3, 0.4) is 0 Å². The quantitative estimate of drug-likeness (QED) is 0.856. The monoisotopic (exact) mass is 304 g/mol. The normalized spacial score (nSPS) is 16.7. The second-order valence-corrected chi connectivity index (χ2v) is 5.53. The number of esters is 1. The summed E-state index contributed by atoms with van der Waals surface area (Å²) in [6.45, 7) is 3.54. The molecule has 0 aliphatic carbocycles. The minimum atomic E-state index is -0.572. The molecule has 1 aliphatic heterocycles. The Balaban J connectivity index is 2.30. The van der Waals surface area contributed by atoms with Gasteiger partial charge in [-0.05, 0) is 25.5 Å². The first-order valence-electron chi connectivity index (χ1n) is 7.20. The van der Waals surface area contributed by atoms with Gasteiger partial charge < -0.3 is 15.0 Å². The van der Waals surface area contributed by atoms with Crippen LogP contribution in [-0.4, -0.2) is 42.4 Å². The number of carbonyl (C=O) groups is 3. The number of fused-ring (bicyclic) bond motifs is 1. The van der Waals surface area contributed by atoms with Crippen molar-refractivity contribution in [1.29, 1.82) is 0 Å². The third-order valence-electron chi connectivity index (χ3n) is 3.73. The SMILES string of the molecule is COC(=O)CN(C(=O)C1CC(=O)Nc2ccccc21)C(C)C. The third-order valence-corrected chi connectivity index (χ3v) is 3.73. The molecule has 118 valence electrons. The Kier molecular flexibility index (Phi) is 4.80. The van der Waals surface area contributed by atoms with E-state index in [9.17, 15) is 14.4 Å². The summed E-state index contributed by atoms with van der Waals surface area (Å²) in [6, 6.07) is 7.07. The zero-order chi connectivity index (χ0) is 16.3. The molecule has 6 heteroatoms. The number of benzene rings is 1. The standard InChI is InChI=1S/C16H20N2O4/c1-10(2)18(9-15(20)22-3)16(21)12-8-14(19)17-13-7-5-4-6-11(12)13/h4-7,10,12H,8-9H2,1-3H3,(H,17,19). The Bertz CT molecular complexity index is 598. The Morgan fingerprint density at radius 3 is 2.68 bits per heavy atom. The lowest BCUT2D eigenvalue weighted by molar-refractivity contribution is -0.149. The summed E-state index contributed by atoms with van der Waals surface area (Å²) in [5, 5.41) is 2.76. The van der Waals surface area contributed by atoms with Gasteiger partial charge in [0.1, 0.15) is 6.54 Å². The molecule has 0 saturated heterocycles. The van der Waals surface area contributed by atoms with E-state index in [1.54, 1.807) is 12.1 Å².